The first-order valence-electron chi connectivity index (χ1n) is 4.57. The molecule has 0 amide bonds. The van der Waals surface area contributed by atoms with E-state index in [1.54, 1.807) is 12.3 Å². The molecule has 0 aliphatic heterocycles. The molecule has 0 bridgehead atoms. The lowest BCUT2D eigenvalue weighted by atomic mass is 10.0. The van der Waals surface area contributed by atoms with Gasteiger partial charge in [-0.3, -0.25) is 0 Å². The van der Waals surface area contributed by atoms with Crippen molar-refractivity contribution >= 4 is 0 Å². The van der Waals surface area contributed by atoms with Gasteiger partial charge in [-0.1, -0.05) is 13.0 Å². The molecular weight excluding hydrogens is 164 g/mol. The van der Waals surface area contributed by atoms with Crippen LogP contribution in [0.3, 0.4) is 0 Å². The lowest BCUT2D eigenvalue weighted by molar-refractivity contribution is 0.127. The van der Waals surface area contributed by atoms with E-state index in [0.717, 1.165) is 18.6 Å². The monoisotopic (exact) mass is 180 g/mol. The van der Waals surface area contributed by atoms with Crippen LogP contribution in [0.25, 0.3) is 0 Å². The highest BCUT2D eigenvalue weighted by molar-refractivity contribution is 4.98. The molecule has 0 unspecified atom stereocenters. The Kier molecular flexibility index (Phi) is 3.77. The van der Waals surface area contributed by atoms with Crippen LogP contribution in [-0.2, 0) is 6.42 Å². The van der Waals surface area contributed by atoms with Crippen molar-refractivity contribution in [2.75, 3.05) is 0 Å². The van der Waals surface area contributed by atoms with Crippen molar-refractivity contribution in [1.29, 1.82) is 0 Å². The van der Waals surface area contributed by atoms with Gasteiger partial charge in [-0.05, 0) is 24.5 Å². The van der Waals surface area contributed by atoms with Gasteiger partial charge in [0.05, 0.1) is 12.4 Å². The van der Waals surface area contributed by atoms with E-state index in [0.29, 0.717) is 0 Å². The normalized spacial score (nSPS) is 15.2. The van der Waals surface area contributed by atoms with Gasteiger partial charge < -0.3 is 9.52 Å². The largest absolute Gasteiger partial charge is 0.469 e. The van der Waals surface area contributed by atoms with Crippen LogP contribution in [0, 0.1) is 5.92 Å². The molecule has 0 aliphatic carbocycles. The molecule has 72 valence electrons. The molecule has 2 nitrogen and oxygen atoms in total. The number of aliphatic hydroxyl groups excluding tert-OH is 1. The molecule has 2 atom stereocenters. The highest BCUT2D eigenvalue weighted by atomic mass is 16.3. The van der Waals surface area contributed by atoms with E-state index in [1.165, 1.54) is 0 Å². The third-order valence-corrected chi connectivity index (χ3v) is 2.25. The van der Waals surface area contributed by atoms with Crippen LogP contribution in [0.5, 0.6) is 0 Å². The molecule has 0 saturated carbocycles. The van der Waals surface area contributed by atoms with Crippen molar-refractivity contribution in [3.8, 4) is 0 Å². The molecule has 0 fully saturated rings. The number of hydrogen-bond acceptors (Lipinski definition) is 2. The maximum Gasteiger partial charge on any atom is 0.103 e. The minimum atomic E-state index is -0.317. The van der Waals surface area contributed by atoms with E-state index in [4.69, 9.17) is 4.42 Å². The zero-order chi connectivity index (χ0) is 9.68. The summed E-state index contributed by atoms with van der Waals surface area (Å²) in [5, 5.41) is 9.60. The topological polar surface area (TPSA) is 33.4 Å². The lowest BCUT2D eigenvalue weighted by Crippen LogP contribution is -2.16. The second-order valence-electron chi connectivity index (χ2n) is 3.28. The molecule has 0 radical (unpaired) electrons. The summed E-state index contributed by atoms with van der Waals surface area (Å²) >= 11 is 0. The first-order valence-corrected chi connectivity index (χ1v) is 4.57. The van der Waals surface area contributed by atoms with E-state index in [1.807, 2.05) is 19.1 Å². The highest BCUT2D eigenvalue weighted by Gasteiger charge is 2.10. The molecule has 1 N–H and O–H groups in total. The summed E-state index contributed by atoms with van der Waals surface area (Å²) in [6, 6.07) is 3.78. The fourth-order valence-electron chi connectivity index (χ4n) is 1.16. The molecule has 1 rings (SSSR count). The van der Waals surface area contributed by atoms with Crippen LogP contribution >= 0.6 is 0 Å². The van der Waals surface area contributed by atoms with Crippen LogP contribution in [0.15, 0.2) is 35.5 Å². The van der Waals surface area contributed by atoms with E-state index in [2.05, 4.69) is 6.58 Å². The second kappa shape index (κ2) is 4.87. The maximum absolute atomic E-state index is 9.60. The zero-order valence-electron chi connectivity index (χ0n) is 7.94. The summed E-state index contributed by atoms with van der Waals surface area (Å²) in [6.07, 6.45) is 4.61. The van der Waals surface area contributed by atoms with Crippen molar-refractivity contribution in [2.45, 2.75) is 25.9 Å². The highest BCUT2D eigenvalue weighted by Crippen LogP contribution is 2.12. The number of furan rings is 1. The minimum Gasteiger partial charge on any atom is -0.469 e. The Balaban J connectivity index is 2.30. The summed E-state index contributed by atoms with van der Waals surface area (Å²) in [5.74, 6) is 1.07. The standard InChI is InChI=1S/C11H16O2/c1-3-9(2)11(12)7-6-10-5-4-8-13-10/h3-5,8-9,11-12H,1,6-7H2,2H3/t9-,11-/m1/s1. The number of aliphatic hydroxyl groups is 1. The third-order valence-electron chi connectivity index (χ3n) is 2.25. The van der Waals surface area contributed by atoms with Gasteiger partial charge in [0.2, 0.25) is 0 Å². The van der Waals surface area contributed by atoms with Gasteiger partial charge in [0.25, 0.3) is 0 Å². The Labute approximate surface area is 78.9 Å². The average molecular weight is 180 g/mol. The Bertz CT molecular complexity index is 239. The quantitative estimate of drug-likeness (QED) is 0.706. The minimum absolute atomic E-state index is 0.148. The lowest BCUT2D eigenvalue weighted by Gasteiger charge is -2.13. The molecule has 1 aromatic rings. The zero-order valence-corrected chi connectivity index (χ0v) is 7.94. The van der Waals surface area contributed by atoms with Gasteiger partial charge in [-0.15, -0.1) is 6.58 Å². The number of rotatable bonds is 5. The van der Waals surface area contributed by atoms with E-state index in [-0.39, 0.29) is 12.0 Å². The van der Waals surface area contributed by atoms with Crippen LogP contribution in [-0.4, -0.2) is 11.2 Å². The van der Waals surface area contributed by atoms with Crippen LogP contribution < -0.4 is 0 Å². The molecule has 2 heteroatoms. The van der Waals surface area contributed by atoms with Crippen LogP contribution in [0.1, 0.15) is 19.1 Å². The van der Waals surface area contributed by atoms with Gasteiger partial charge in [0.15, 0.2) is 0 Å². The predicted octanol–water partition coefficient (Wildman–Crippen LogP) is 2.40. The van der Waals surface area contributed by atoms with Crippen molar-refractivity contribution in [1.82, 2.24) is 0 Å². The smallest absolute Gasteiger partial charge is 0.103 e. The molecular formula is C11H16O2. The first kappa shape index (κ1) is 10.1. The van der Waals surface area contributed by atoms with E-state index >= 15 is 0 Å². The van der Waals surface area contributed by atoms with Crippen molar-refractivity contribution in [3.63, 3.8) is 0 Å². The fraction of sp³-hybridized carbons (Fsp3) is 0.455. The maximum atomic E-state index is 9.60. The van der Waals surface area contributed by atoms with Gasteiger partial charge >= 0.3 is 0 Å². The third kappa shape index (κ3) is 3.07. The molecule has 1 heterocycles. The molecule has 0 spiro atoms. The molecule has 1 aromatic heterocycles. The predicted molar refractivity (Wildman–Crippen MR) is 52.4 cm³/mol. The summed E-state index contributed by atoms with van der Waals surface area (Å²) < 4.78 is 5.16. The Morgan fingerprint density at radius 2 is 2.46 bits per heavy atom. The van der Waals surface area contributed by atoms with E-state index < -0.39 is 0 Å². The van der Waals surface area contributed by atoms with Crippen LogP contribution in [0.4, 0.5) is 0 Å². The van der Waals surface area contributed by atoms with Crippen molar-refractivity contribution in [3.05, 3.63) is 36.8 Å². The van der Waals surface area contributed by atoms with Gasteiger partial charge in [-0.2, -0.15) is 0 Å². The molecule has 0 aliphatic rings. The molecule has 0 aromatic carbocycles. The Hall–Kier alpha value is -1.02. The Morgan fingerprint density at radius 3 is 3.00 bits per heavy atom. The summed E-state index contributed by atoms with van der Waals surface area (Å²) in [4.78, 5) is 0. The first-order chi connectivity index (χ1) is 6.24. The summed E-state index contributed by atoms with van der Waals surface area (Å²) in [6.45, 7) is 5.60. The number of hydrogen-bond donors (Lipinski definition) is 1. The fourth-order valence-corrected chi connectivity index (χ4v) is 1.16. The van der Waals surface area contributed by atoms with Crippen molar-refractivity contribution < 1.29 is 9.52 Å². The Morgan fingerprint density at radius 1 is 1.69 bits per heavy atom. The molecule has 0 saturated heterocycles. The SMILES string of the molecule is C=C[C@@H](C)[C@H](O)CCc1ccco1. The average Bonchev–Trinajstić information content (AvgIpc) is 2.65. The van der Waals surface area contributed by atoms with Gasteiger partial charge in [-0.25, -0.2) is 0 Å². The second-order valence-corrected chi connectivity index (χ2v) is 3.28. The van der Waals surface area contributed by atoms with Gasteiger partial charge in [0.1, 0.15) is 5.76 Å². The summed E-state index contributed by atoms with van der Waals surface area (Å²) in [5.41, 5.74) is 0. The van der Waals surface area contributed by atoms with Gasteiger partial charge in [0, 0.05) is 6.42 Å². The number of aryl methyl sites for hydroxylation is 1. The van der Waals surface area contributed by atoms with E-state index in [9.17, 15) is 5.11 Å². The van der Waals surface area contributed by atoms with Crippen LogP contribution in [0.2, 0.25) is 0 Å². The van der Waals surface area contributed by atoms with Crippen molar-refractivity contribution in [2.24, 2.45) is 5.92 Å². The summed E-state index contributed by atoms with van der Waals surface area (Å²) in [7, 11) is 0. The molecule has 13 heavy (non-hydrogen) atoms.